The molecule has 0 radical (unpaired) electrons. The summed E-state index contributed by atoms with van der Waals surface area (Å²) in [5.41, 5.74) is 0.452. The van der Waals surface area contributed by atoms with E-state index < -0.39 is 0 Å². The molecule has 0 bridgehead atoms. The van der Waals surface area contributed by atoms with Crippen molar-refractivity contribution in [2.24, 2.45) is 5.92 Å². The van der Waals surface area contributed by atoms with Crippen LogP contribution in [0.2, 0.25) is 0 Å². The maximum atomic E-state index is 11.2. The maximum Gasteiger partial charge on any atom is 0.333 e. The first kappa shape index (κ1) is 10.8. The van der Waals surface area contributed by atoms with E-state index in [-0.39, 0.29) is 18.0 Å². The second-order valence-corrected chi connectivity index (χ2v) is 3.84. The van der Waals surface area contributed by atoms with Crippen molar-refractivity contribution in [1.29, 1.82) is 0 Å². The zero-order valence-electron chi connectivity index (χ0n) is 8.58. The highest BCUT2D eigenvalue weighted by Crippen LogP contribution is 2.26. The van der Waals surface area contributed by atoms with Gasteiger partial charge in [-0.05, 0) is 32.6 Å². The Kier molecular flexibility index (Phi) is 3.76. The number of rotatable bonds is 2. The van der Waals surface area contributed by atoms with E-state index >= 15 is 0 Å². The van der Waals surface area contributed by atoms with Gasteiger partial charge in [0.25, 0.3) is 0 Å². The van der Waals surface area contributed by atoms with Crippen LogP contribution in [0.3, 0.4) is 0 Å². The minimum absolute atomic E-state index is 0.00556. The Labute approximate surface area is 85.3 Å². The Hall–Kier alpha value is -1.23. The molecular weight excluding hydrogens is 176 g/mol. The molecule has 76 valence electrons. The molecule has 2 atom stereocenters. The van der Waals surface area contributed by atoms with Gasteiger partial charge < -0.3 is 4.74 Å². The normalized spacial score (nSPS) is 26.3. The van der Waals surface area contributed by atoms with Crippen molar-refractivity contribution in [1.82, 2.24) is 0 Å². The molecule has 1 aliphatic rings. The van der Waals surface area contributed by atoms with Crippen LogP contribution >= 0.6 is 0 Å². The summed E-state index contributed by atoms with van der Waals surface area (Å²) in [6.45, 7) is 5.20. The van der Waals surface area contributed by atoms with Crippen LogP contribution in [0, 0.1) is 18.3 Å². The smallest absolute Gasteiger partial charge is 0.333 e. The molecule has 1 rings (SSSR count). The van der Waals surface area contributed by atoms with Gasteiger partial charge in [-0.3, -0.25) is 0 Å². The second-order valence-electron chi connectivity index (χ2n) is 3.84. The monoisotopic (exact) mass is 192 g/mol. The van der Waals surface area contributed by atoms with Crippen LogP contribution in [-0.4, -0.2) is 12.1 Å². The zero-order valence-corrected chi connectivity index (χ0v) is 8.58. The van der Waals surface area contributed by atoms with E-state index in [1.807, 2.05) is 0 Å². The predicted molar refractivity (Wildman–Crippen MR) is 55.5 cm³/mol. The van der Waals surface area contributed by atoms with Crippen LogP contribution in [0.25, 0.3) is 0 Å². The van der Waals surface area contributed by atoms with E-state index in [0.29, 0.717) is 5.57 Å². The van der Waals surface area contributed by atoms with Gasteiger partial charge >= 0.3 is 5.97 Å². The summed E-state index contributed by atoms with van der Waals surface area (Å²) in [4.78, 5) is 11.2. The lowest BCUT2D eigenvalue weighted by Gasteiger charge is -2.25. The SMILES string of the molecule is C#CC1CCCC(OC(=O)C(=C)C)C1. The number of ether oxygens (including phenoxy) is 1. The first-order valence-electron chi connectivity index (χ1n) is 4.96. The van der Waals surface area contributed by atoms with Gasteiger partial charge in [0.05, 0.1) is 0 Å². The molecule has 2 nitrogen and oxygen atoms in total. The fourth-order valence-corrected chi connectivity index (χ4v) is 1.66. The third-order valence-corrected chi connectivity index (χ3v) is 2.48. The van der Waals surface area contributed by atoms with Gasteiger partial charge in [0, 0.05) is 11.5 Å². The summed E-state index contributed by atoms with van der Waals surface area (Å²) in [5.74, 6) is 2.69. The van der Waals surface area contributed by atoms with Crippen molar-refractivity contribution < 1.29 is 9.53 Å². The minimum atomic E-state index is -0.298. The molecular formula is C12H16O2. The Morgan fingerprint density at radius 1 is 1.57 bits per heavy atom. The predicted octanol–water partition coefficient (Wildman–Crippen LogP) is 2.30. The average Bonchev–Trinajstić information content (AvgIpc) is 2.18. The average molecular weight is 192 g/mol. The largest absolute Gasteiger partial charge is 0.459 e. The summed E-state index contributed by atoms with van der Waals surface area (Å²) >= 11 is 0. The summed E-state index contributed by atoms with van der Waals surface area (Å²) in [7, 11) is 0. The first-order chi connectivity index (χ1) is 6.63. The van der Waals surface area contributed by atoms with Crippen LogP contribution in [0.4, 0.5) is 0 Å². The number of carbonyl (C=O) groups is 1. The van der Waals surface area contributed by atoms with Crippen LogP contribution in [0.5, 0.6) is 0 Å². The summed E-state index contributed by atoms with van der Waals surface area (Å²) < 4.78 is 5.25. The van der Waals surface area contributed by atoms with Crippen LogP contribution in [0.15, 0.2) is 12.2 Å². The molecule has 0 amide bonds. The molecule has 1 saturated carbocycles. The van der Waals surface area contributed by atoms with Gasteiger partial charge in [-0.25, -0.2) is 4.79 Å². The summed E-state index contributed by atoms with van der Waals surface area (Å²) in [5, 5.41) is 0. The van der Waals surface area contributed by atoms with Crippen molar-refractivity contribution >= 4 is 5.97 Å². The number of hydrogen-bond acceptors (Lipinski definition) is 2. The van der Waals surface area contributed by atoms with E-state index in [2.05, 4.69) is 12.5 Å². The Balaban J connectivity index is 2.42. The highest BCUT2D eigenvalue weighted by atomic mass is 16.5. The standard InChI is InChI=1S/C12H16O2/c1-4-10-6-5-7-11(8-10)14-12(13)9(2)3/h1,10-11H,2,5-8H2,3H3. The van der Waals surface area contributed by atoms with E-state index in [4.69, 9.17) is 11.2 Å². The van der Waals surface area contributed by atoms with Gasteiger partial charge in [-0.15, -0.1) is 12.3 Å². The fraction of sp³-hybridized carbons (Fsp3) is 0.583. The van der Waals surface area contributed by atoms with E-state index in [1.165, 1.54) is 0 Å². The highest BCUT2D eigenvalue weighted by Gasteiger charge is 2.23. The Morgan fingerprint density at radius 2 is 2.29 bits per heavy atom. The van der Waals surface area contributed by atoms with Crippen LogP contribution in [-0.2, 0) is 9.53 Å². The molecule has 0 aromatic carbocycles. The summed E-state index contributed by atoms with van der Waals surface area (Å²) in [6, 6.07) is 0. The number of hydrogen-bond donors (Lipinski definition) is 0. The number of terminal acetylenes is 1. The van der Waals surface area contributed by atoms with Crippen molar-refractivity contribution in [3.8, 4) is 12.3 Å². The van der Waals surface area contributed by atoms with E-state index in [0.717, 1.165) is 25.7 Å². The molecule has 0 saturated heterocycles. The van der Waals surface area contributed by atoms with Crippen molar-refractivity contribution in [3.63, 3.8) is 0 Å². The molecule has 2 heteroatoms. The Morgan fingerprint density at radius 3 is 2.86 bits per heavy atom. The molecule has 2 unspecified atom stereocenters. The highest BCUT2D eigenvalue weighted by molar-refractivity contribution is 5.87. The molecule has 14 heavy (non-hydrogen) atoms. The third kappa shape index (κ3) is 2.92. The maximum absolute atomic E-state index is 11.2. The molecule has 0 heterocycles. The molecule has 0 N–H and O–H groups in total. The number of carbonyl (C=O) groups excluding carboxylic acids is 1. The van der Waals surface area contributed by atoms with Crippen molar-refractivity contribution in [3.05, 3.63) is 12.2 Å². The van der Waals surface area contributed by atoms with Gasteiger partial charge in [0.1, 0.15) is 6.10 Å². The minimum Gasteiger partial charge on any atom is -0.459 e. The zero-order chi connectivity index (χ0) is 10.6. The first-order valence-corrected chi connectivity index (χ1v) is 4.96. The van der Waals surface area contributed by atoms with Crippen LogP contribution in [0.1, 0.15) is 32.6 Å². The quantitative estimate of drug-likeness (QED) is 0.381. The van der Waals surface area contributed by atoms with Crippen molar-refractivity contribution in [2.45, 2.75) is 38.7 Å². The molecule has 0 spiro atoms. The number of esters is 1. The second kappa shape index (κ2) is 4.85. The molecule has 1 fully saturated rings. The Bertz CT molecular complexity index is 273. The lowest BCUT2D eigenvalue weighted by molar-refractivity contribution is -0.146. The van der Waals surface area contributed by atoms with E-state index in [9.17, 15) is 4.79 Å². The van der Waals surface area contributed by atoms with Crippen molar-refractivity contribution in [2.75, 3.05) is 0 Å². The van der Waals surface area contributed by atoms with Gasteiger partial charge in [-0.2, -0.15) is 0 Å². The third-order valence-electron chi connectivity index (χ3n) is 2.48. The lowest BCUT2D eigenvalue weighted by Crippen LogP contribution is -2.25. The van der Waals surface area contributed by atoms with Gasteiger partial charge in [-0.1, -0.05) is 6.58 Å². The topological polar surface area (TPSA) is 26.3 Å². The fourth-order valence-electron chi connectivity index (χ4n) is 1.66. The van der Waals surface area contributed by atoms with Crippen LogP contribution < -0.4 is 0 Å². The molecule has 1 aliphatic carbocycles. The molecule has 0 aromatic heterocycles. The lowest BCUT2D eigenvalue weighted by atomic mass is 9.88. The molecule has 0 aromatic rings. The van der Waals surface area contributed by atoms with E-state index in [1.54, 1.807) is 6.92 Å². The van der Waals surface area contributed by atoms with Gasteiger partial charge in [0.15, 0.2) is 0 Å². The molecule has 0 aliphatic heterocycles. The van der Waals surface area contributed by atoms with Gasteiger partial charge in [0.2, 0.25) is 0 Å². The summed E-state index contributed by atoms with van der Waals surface area (Å²) in [6.07, 6.45) is 9.17.